The highest BCUT2D eigenvalue weighted by molar-refractivity contribution is 5.76. The molecule has 0 bridgehead atoms. The van der Waals surface area contributed by atoms with Gasteiger partial charge in [0.2, 0.25) is 5.91 Å². The number of benzene rings is 1. The first kappa shape index (κ1) is 14.2. The maximum Gasteiger partial charge on any atom is 0.224 e. The summed E-state index contributed by atoms with van der Waals surface area (Å²) in [4.78, 5) is 17.9. The summed E-state index contributed by atoms with van der Waals surface area (Å²) in [6.45, 7) is 0.550. The monoisotopic (exact) mass is 269 g/mol. The van der Waals surface area contributed by atoms with E-state index >= 15 is 0 Å². The smallest absolute Gasteiger partial charge is 0.224 e. The van der Waals surface area contributed by atoms with Crippen LogP contribution >= 0.6 is 0 Å². The number of nitrogens with zero attached hydrogens (tertiary/aromatic N) is 2. The van der Waals surface area contributed by atoms with Crippen LogP contribution in [-0.4, -0.2) is 22.8 Å². The molecule has 2 N–H and O–H groups in total. The Morgan fingerprint density at radius 2 is 2.00 bits per heavy atom. The first-order chi connectivity index (χ1) is 9.66. The Hall–Kier alpha value is -2.20. The summed E-state index contributed by atoms with van der Waals surface area (Å²) in [6, 6.07) is 13.2. The van der Waals surface area contributed by atoms with Gasteiger partial charge in [0.05, 0.1) is 0 Å². The fourth-order valence-electron chi connectivity index (χ4n) is 2.02. The summed E-state index contributed by atoms with van der Waals surface area (Å²) in [6.07, 6.45) is 3.79. The summed E-state index contributed by atoms with van der Waals surface area (Å²) in [5.41, 5.74) is 8.06. The van der Waals surface area contributed by atoms with E-state index in [9.17, 15) is 4.79 Å². The van der Waals surface area contributed by atoms with E-state index in [1.807, 2.05) is 42.5 Å². The third-order valence-corrected chi connectivity index (χ3v) is 3.19. The van der Waals surface area contributed by atoms with Crippen molar-refractivity contribution in [2.75, 3.05) is 7.05 Å². The fourth-order valence-corrected chi connectivity index (χ4v) is 2.02. The molecule has 1 amide bonds. The van der Waals surface area contributed by atoms with Crippen LogP contribution in [0.5, 0.6) is 0 Å². The Balaban J connectivity index is 1.91. The van der Waals surface area contributed by atoms with E-state index in [2.05, 4.69) is 4.98 Å². The molecule has 4 heteroatoms. The highest BCUT2D eigenvalue weighted by atomic mass is 16.2. The lowest BCUT2D eigenvalue weighted by Gasteiger charge is -2.19. The Morgan fingerprint density at radius 1 is 1.25 bits per heavy atom. The van der Waals surface area contributed by atoms with Gasteiger partial charge >= 0.3 is 0 Å². The molecule has 4 nitrogen and oxygen atoms in total. The Labute approximate surface area is 119 Å². The lowest BCUT2D eigenvalue weighted by molar-refractivity contribution is -0.130. The maximum absolute atomic E-state index is 12.2. The molecule has 104 valence electrons. The van der Waals surface area contributed by atoms with E-state index in [1.54, 1.807) is 24.3 Å². The van der Waals surface area contributed by atoms with Crippen LogP contribution in [0.3, 0.4) is 0 Å². The minimum absolute atomic E-state index is 0.0326. The number of amides is 1. The fraction of sp³-hybridized carbons (Fsp3) is 0.250. The summed E-state index contributed by atoms with van der Waals surface area (Å²) >= 11 is 0. The van der Waals surface area contributed by atoms with Crippen LogP contribution in [-0.2, 0) is 11.3 Å². The lowest BCUT2D eigenvalue weighted by Crippen LogP contribution is -2.29. The van der Waals surface area contributed by atoms with Gasteiger partial charge in [-0.25, -0.2) is 0 Å². The van der Waals surface area contributed by atoms with Crippen LogP contribution in [0.4, 0.5) is 0 Å². The summed E-state index contributed by atoms with van der Waals surface area (Å²) < 4.78 is 0. The first-order valence-corrected chi connectivity index (χ1v) is 6.60. The third-order valence-electron chi connectivity index (χ3n) is 3.19. The predicted molar refractivity (Wildman–Crippen MR) is 78.7 cm³/mol. The molecule has 1 heterocycles. The van der Waals surface area contributed by atoms with Gasteiger partial charge in [-0.3, -0.25) is 9.78 Å². The largest absolute Gasteiger partial charge is 0.341 e. The van der Waals surface area contributed by atoms with Gasteiger partial charge in [0.15, 0.2) is 0 Å². The zero-order chi connectivity index (χ0) is 14.4. The molecular formula is C16H19N3O. The average molecular weight is 269 g/mol. The third kappa shape index (κ3) is 3.90. The number of hydrogen-bond donors (Lipinski definition) is 1. The molecule has 0 saturated carbocycles. The number of hydrogen-bond acceptors (Lipinski definition) is 3. The Kier molecular flexibility index (Phi) is 4.85. The molecule has 0 aliphatic rings. The van der Waals surface area contributed by atoms with Crippen molar-refractivity contribution in [3.63, 3.8) is 0 Å². The highest BCUT2D eigenvalue weighted by Crippen LogP contribution is 2.15. The van der Waals surface area contributed by atoms with Crippen molar-refractivity contribution >= 4 is 5.91 Å². The van der Waals surface area contributed by atoms with Crippen LogP contribution in [0, 0.1) is 0 Å². The van der Waals surface area contributed by atoms with Crippen molar-refractivity contribution in [1.82, 2.24) is 9.88 Å². The van der Waals surface area contributed by atoms with Crippen molar-refractivity contribution in [3.8, 4) is 0 Å². The topological polar surface area (TPSA) is 59.2 Å². The SMILES string of the molecule is CN(Cc1cccnc1)C(=O)CC(N)c1ccccc1. The predicted octanol–water partition coefficient (Wildman–Crippen LogP) is 2.13. The van der Waals surface area contributed by atoms with Gasteiger partial charge in [-0.2, -0.15) is 0 Å². The molecule has 0 radical (unpaired) electrons. The molecule has 2 aromatic rings. The second kappa shape index (κ2) is 6.82. The van der Waals surface area contributed by atoms with Gasteiger partial charge in [-0.05, 0) is 17.2 Å². The number of pyridine rings is 1. The maximum atomic E-state index is 12.2. The Morgan fingerprint density at radius 3 is 2.65 bits per heavy atom. The van der Waals surface area contributed by atoms with Gasteiger partial charge in [-0.15, -0.1) is 0 Å². The van der Waals surface area contributed by atoms with Crippen molar-refractivity contribution in [1.29, 1.82) is 0 Å². The van der Waals surface area contributed by atoms with Gasteiger partial charge in [-0.1, -0.05) is 36.4 Å². The van der Waals surface area contributed by atoms with Crippen LogP contribution < -0.4 is 5.73 Å². The first-order valence-electron chi connectivity index (χ1n) is 6.60. The molecule has 0 aliphatic heterocycles. The molecule has 1 aromatic carbocycles. The van der Waals surface area contributed by atoms with Crippen molar-refractivity contribution in [2.24, 2.45) is 5.73 Å². The van der Waals surface area contributed by atoms with E-state index in [4.69, 9.17) is 5.73 Å². The molecule has 1 unspecified atom stereocenters. The molecule has 2 rings (SSSR count). The van der Waals surface area contributed by atoms with Crippen molar-refractivity contribution in [3.05, 3.63) is 66.0 Å². The van der Waals surface area contributed by atoms with Gasteiger partial charge in [0, 0.05) is 38.4 Å². The van der Waals surface area contributed by atoms with Crippen LogP contribution in [0.15, 0.2) is 54.9 Å². The zero-order valence-electron chi connectivity index (χ0n) is 11.6. The number of carbonyl (C=O) groups excluding carboxylic acids is 1. The second-order valence-corrected chi connectivity index (χ2v) is 4.83. The normalized spacial score (nSPS) is 11.9. The average Bonchev–Trinajstić information content (AvgIpc) is 2.49. The summed E-state index contributed by atoms with van der Waals surface area (Å²) in [7, 11) is 1.78. The van der Waals surface area contributed by atoms with Crippen molar-refractivity contribution < 1.29 is 4.79 Å². The van der Waals surface area contributed by atoms with E-state index in [0.29, 0.717) is 13.0 Å². The molecule has 1 aromatic heterocycles. The minimum Gasteiger partial charge on any atom is -0.341 e. The zero-order valence-corrected chi connectivity index (χ0v) is 11.6. The van der Waals surface area contributed by atoms with Crippen LogP contribution in [0.1, 0.15) is 23.6 Å². The van der Waals surface area contributed by atoms with Crippen LogP contribution in [0.25, 0.3) is 0 Å². The van der Waals surface area contributed by atoms with Crippen LogP contribution in [0.2, 0.25) is 0 Å². The van der Waals surface area contributed by atoms with E-state index in [1.165, 1.54) is 0 Å². The standard InChI is InChI=1S/C16H19N3O/c1-19(12-13-6-5-9-18-11-13)16(20)10-15(17)14-7-3-2-4-8-14/h2-9,11,15H,10,12,17H2,1H3. The summed E-state index contributed by atoms with van der Waals surface area (Å²) in [5, 5.41) is 0. The lowest BCUT2D eigenvalue weighted by atomic mass is 10.0. The molecule has 0 fully saturated rings. The van der Waals surface area contributed by atoms with E-state index in [0.717, 1.165) is 11.1 Å². The number of nitrogens with two attached hydrogens (primary N) is 1. The van der Waals surface area contributed by atoms with E-state index < -0.39 is 0 Å². The van der Waals surface area contributed by atoms with Gasteiger partial charge in [0.25, 0.3) is 0 Å². The Bertz CT molecular complexity index is 542. The molecule has 1 atom stereocenters. The molecule has 0 spiro atoms. The number of carbonyl (C=O) groups is 1. The number of aromatic nitrogens is 1. The minimum atomic E-state index is -0.264. The highest BCUT2D eigenvalue weighted by Gasteiger charge is 2.15. The van der Waals surface area contributed by atoms with E-state index in [-0.39, 0.29) is 11.9 Å². The molecule has 0 saturated heterocycles. The molecule has 20 heavy (non-hydrogen) atoms. The molecular weight excluding hydrogens is 250 g/mol. The van der Waals surface area contributed by atoms with Gasteiger partial charge in [0.1, 0.15) is 0 Å². The van der Waals surface area contributed by atoms with Gasteiger partial charge < -0.3 is 10.6 Å². The quantitative estimate of drug-likeness (QED) is 0.904. The summed E-state index contributed by atoms with van der Waals surface area (Å²) in [5.74, 6) is 0.0326. The second-order valence-electron chi connectivity index (χ2n) is 4.83. The van der Waals surface area contributed by atoms with Crippen molar-refractivity contribution in [2.45, 2.75) is 19.0 Å². The number of rotatable bonds is 5. The molecule has 0 aliphatic carbocycles.